The predicted molar refractivity (Wildman–Crippen MR) is 63.1 cm³/mol. The summed E-state index contributed by atoms with van der Waals surface area (Å²) in [6.07, 6.45) is 4.84. The lowest BCUT2D eigenvalue weighted by atomic mass is 10.2. The maximum absolute atomic E-state index is 10.1. The highest BCUT2D eigenvalue weighted by Gasteiger charge is 2.12. The van der Waals surface area contributed by atoms with Crippen LogP contribution in [0.15, 0.2) is 12.4 Å². The second-order valence-corrected chi connectivity index (χ2v) is 5.03. The predicted octanol–water partition coefficient (Wildman–Crippen LogP) is 0.622. The van der Waals surface area contributed by atoms with Gasteiger partial charge >= 0.3 is 0 Å². The molecule has 0 unspecified atom stereocenters. The van der Waals surface area contributed by atoms with Gasteiger partial charge in [-0.3, -0.25) is 4.18 Å². The molecule has 16 heavy (non-hydrogen) atoms. The highest BCUT2D eigenvalue weighted by molar-refractivity contribution is 7.67. The van der Waals surface area contributed by atoms with E-state index in [1.165, 1.54) is 0 Å². The van der Waals surface area contributed by atoms with Gasteiger partial charge in [0.2, 0.25) is 0 Å². The Labute approximate surface area is 98.8 Å². The van der Waals surface area contributed by atoms with E-state index in [1.807, 2.05) is 6.20 Å². The third-order valence-electron chi connectivity index (χ3n) is 2.24. The van der Waals surface area contributed by atoms with Crippen LogP contribution in [0.5, 0.6) is 0 Å². The molecule has 0 amide bonds. The third kappa shape index (κ3) is 5.37. The summed E-state index contributed by atoms with van der Waals surface area (Å²) in [7, 11) is -2.69. The number of hydrogen-bond donors (Lipinski definition) is 1. The van der Waals surface area contributed by atoms with Crippen LogP contribution in [0.4, 0.5) is 0 Å². The van der Waals surface area contributed by atoms with Crippen molar-refractivity contribution in [3.63, 3.8) is 0 Å². The summed E-state index contributed by atoms with van der Waals surface area (Å²) in [5.74, 6) is 0.650. The zero-order valence-electron chi connectivity index (χ0n) is 9.83. The second kappa shape index (κ2) is 6.75. The van der Waals surface area contributed by atoms with E-state index in [9.17, 15) is 8.42 Å². The van der Waals surface area contributed by atoms with E-state index >= 15 is 0 Å². The lowest BCUT2D eigenvalue weighted by Gasteiger charge is -2.22. The van der Waals surface area contributed by atoms with Gasteiger partial charge in [-0.25, -0.2) is 8.42 Å². The van der Waals surface area contributed by atoms with Crippen LogP contribution in [0.1, 0.15) is 20.3 Å². The van der Waals surface area contributed by atoms with Crippen LogP contribution in [0.3, 0.4) is 0 Å². The number of nitrogens with zero attached hydrogens (tertiary/aromatic N) is 2. The molecule has 6 heteroatoms. The minimum Gasteiger partial charge on any atom is -0.359 e. The lowest BCUT2D eigenvalue weighted by molar-refractivity contribution is 0.230. The molecule has 1 aliphatic rings. The summed E-state index contributed by atoms with van der Waals surface area (Å²) in [5.41, 5.74) is 0. The van der Waals surface area contributed by atoms with Crippen LogP contribution in [0.25, 0.3) is 0 Å². The van der Waals surface area contributed by atoms with Crippen molar-refractivity contribution in [1.82, 2.24) is 9.80 Å². The van der Waals surface area contributed by atoms with E-state index < -0.39 is 11.0 Å². The maximum Gasteiger partial charge on any atom is 0.257 e. The quantitative estimate of drug-likeness (QED) is 0.529. The van der Waals surface area contributed by atoms with Crippen molar-refractivity contribution in [2.45, 2.75) is 20.3 Å². The molecule has 0 N–H and O–H groups in total. The average Bonchev–Trinajstić information content (AvgIpc) is 2.59. The average molecular weight is 248 g/mol. The highest BCUT2D eigenvalue weighted by atomic mass is 32.2. The van der Waals surface area contributed by atoms with Crippen molar-refractivity contribution in [3.05, 3.63) is 12.4 Å². The number of thiol groups is 1. The first-order valence-electron chi connectivity index (χ1n) is 5.51. The van der Waals surface area contributed by atoms with Gasteiger partial charge in [0.25, 0.3) is 11.0 Å². The topological polar surface area (TPSA) is 49.9 Å². The lowest BCUT2D eigenvalue weighted by Crippen LogP contribution is -2.28. The van der Waals surface area contributed by atoms with Gasteiger partial charge in [-0.2, -0.15) is 0 Å². The van der Waals surface area contributed by atoms with E-state index in [-0.39, 0.29) is 6.61 Å². The van der Waals surface area contributed by atoms with Crippen LogP contribution >= 0.6 is 0 Å². The monoisotopic (exact) mass is 248 g/mol. The van der Waals surface area contributed by atoms with Crippen LogP contribution < -0.4 is 0 Å². The Kier molecular flexibility index (Phi) is 5.62. The van der Waals surface area contributed by atoms with Crippen molar-refractivity contribution in [2.24, 2.45) is 5.92 Å². The molecule has 5 nitrogen and oxygen atoms in total. The fraction of sp³-hybridized carbons (Fsp3) is 0.800. The summed E-state index contributed by atoms with van der Waals surface area (Å²) >= 11 is 0. The molecule has 0 fully saturated rings. The molecule has 0 aromatic rings. The van der Waals surface area contributed by atoms with Gasteiger partial charge in [-0.15, -0.1) is 0 Å². The van der Waals surface area contributed by atoms with Crippen molar-refractivity contribution >= 4 is 11.0 Å². The van der Waals surface area contributed by atoms with Crippen LogP contribution in [-0.2, 0) is 15.2 Å². The van der Waals surface area contributed by atoms with Gasteiger partial charge in [-0.1, -0.05) is 13.8 Å². The van der Waals surface area contributed by atoms with Gasteiger partial charge in [0, 0.05) is 25.5 Å². The second-order valence-electron chi connectivity index (χ2n) is 4.33. The van der Waals surface area contributed by atoms with E-state index in [1.54, 1.807) is 0 Å². The zero-order valence-corrected chi connectivity index (χ0v) is 10.7. The molecule has 1 heterocycles. The molecule has 0 radical (unpaired) electrons. The normalized spacial score (nSPS) is 15.8. The Morgan fingerprint density at radius 2 is 2.00 bits per heavy atom. The van der Waals surface area contributed by atoms with Gasteiger partial charge in [0.05, 0.1) is 13.3 Å². The Balaban J connectivity index is 2.10. The Morgan fingerprint density at radius 1 is 1.31 bits per heavy atom. The largest absolute Gasteiger partial charge is 0.359 e. The Bertz CT molecular complexity index is 294. The standard InChI is InChI=1S/C10H20N2O3S/c1-10(2)8-12-6-5-11(9-12)4-3-7-15-16(13)14/h5-6,10,16H,3-4,7-9H2,1-2H3. The Morgan fingerprint density at radius 3 is 2.62 bits per heavy atom. The highest BCUT2D eigenvalue weighted by Crippen LogP contribution is 2.09. The van der Waals surface area contributed by atoms with E-state index in [0.717, 1.165) is 26.2 Å². The molecule has 1 rings (SSSR count). The van der Waals surface area contributed by atoms with Crippen molar-refractivity contribution in [1.29, 1.82) is 0 Å². The van der Waals surface area contributed by atoms with Gasteiger partial charge in [0.1, 0.15) is 0 Å². The zero-order chi connectivity index (χ0) is 12.0. The first kappa shape index (κ1) is 13.3. The summed E-state index contributed by atoms with van der Waals surface area (Å²) in [5, 5.41) is 0. The molecule has 0 aliphatic carbocycles. The van der Waals surface area contributed by atoms with Crippen LogP contribution in [0, 0.1) is 5.92 Å². The number of hydrogen-bond acceptors (Lipinski definition) is 5. The van der Waals surface area contributed by atoms with Crippen molar-refractivity contribution in [3.8, 4) is 0 Å². The third-order valence-corrected chi connectivity index (χ3v) is 2.63. The fourth-order valence-corrected chi connectivity index (χ4v) is 1.93. The fourth-order valence-electron chi connectivity index (χ4n) is 1.66. The molecular weight excluding hydrogens is 228 g/mol. The van der Waals surface area contributed by atoms with Gasteiger partial charge in [-0.05, 0) is 12.3 Å². The summed E-state index contributed by atoms with van der Waals surface area (Å²) in [6, 6.07) is 0. The van der Waals surface area contributed by atoms with E-state index in [4.69, 9.17) is 0 Å². The molecule has 1 aliphatic heterocycles. The van der Waals surface area contributed by atoms with Crippen molar-refractivity contribution in [2.75, 3.05) is 26.4 Å². The number of rotatable bonds is 7. The molecule has 0 bridgehead atoms. The summed E-state index contributed by atoms with van der Waals surface area (Å²) < 4.78 is 24.8. The summed E-state index contributed by atoms with van der Waals surface area (Å²) in [4.78, 5) is 4.41. The van der Waals surface area contributed by atoms with Gasteiger partial charge in [0.15, 0.2) is 0 Å². The van der Waals surface area contributed by atoms with Crippen LogP contribution in [-0.4, -0.2) is 44.6 Å². The molecular formula is C10H20N2O3S. The minimum absolute atomic E-state index is 0.271. The molecule has 94 valence electrons. The smallest absolute Gasteiger partial charge is 0.257 e. The SMILES string of the molecule is CC(C)CN1C=CN(CCCO[SH](=O)=O)C1. The van der Waals surface area contributed by atoms with E-state index in [0.29, 0.717) is 5.92 Å². The Hall–Kier alpha value is -0.750. The molecule has 0 spiro atoms. The minimum atomic E-state index is -2.69. The van der Waals surface area contributed by atoms with E-state index in [2.05, 4.69) is 34.0 Å². The molecule has 0 aromatic heterocycles. The maximum atomic E-state index is 10.1. The molecule has 0 saturated heterocycles. The van der Waals surface area contributed by atoms with Crippen molar-refractivity contribution < 1.29 is 12.6 Å². The summed E-state index contributed by atoms with van der Waals surface area (Å²) in [6.45, 7) is 7.42. The molecule has 0 aromatic carbocycles. The first-order valence-corrected chi connectivity index (χ1v) is 6.61. The first-order chi connectivity index (χ1) is 7.58. The molecule has 0 saturated carbocycles. The van der Waals surface area contributed by atoms with Crippen LogP contribution in [0.2, 0.25) is 0 Å². The molecule has 0 atom stereocenters. The van der Waals surface area contributed by atoms with Gasteiger partial charge < -0.3 is 9.80 Å².